The van der Waals surface area contributed by atoms with Gasteiger partial charge in [0.1, 0.15) is 11.5 Å². The molecule has 0 saturated carbocycles. The number of ketones is 1. The molecule has 1 heterocycles. The van der Waals surface area contributed by atoms with Crippen LogP contribution in [0.15, 0.2) is 47.1 Å². The molecule has 2 nitrogen and oxygen atoms in total. The maximum absolute atomic E-state index is 11.9. The Kier molecular flexibility index (Phi) is 3.01. The Morgan fingerprint density at radius 1 is 1.22 bits per heavy atom. The highest BCUT2D eigenvalue weighted by Crippen LogP contribution is 2.37. The first-order chi connectivity index (χ1) is 8.83. The first kappa shape index (κ1) is 11.3. The molecule has 92 valence electrons. The van der Waals surface area contributed by atoms with E-state index in [9.17, 15) is 4.79 Å². The van der Waals surface area contributed by atoms with Crippen molar-refractivity contribution in [2.45, 2.75) is 31.6 Å². The Morgan fingerprint density at radius 2 is 2.11 bits per heavy atom. The van der Waals surface area contributed by atoms with Crippen LogP contribution in [0.3, 0.4) is 0 Å². The number of carbonyl (C=O) groups is 1. The van der Waals surface area contributed by atoms with Crippen molar-refractivity contribution in [2.75, 3.05) is 0 Å². The number of carbonyl (C=O) groups excluding carboxylic acids is 1. The van der Waals surface area contributed by atoms with Crippen LogP contribution >= 0.6 is 0 Å². The Balaban J connectivity index is 1.51. The van der Waals surface area contributed by atoms with Gasteiger partial charge in [-0.2, -0.15) is 0 Å². The smallest absolute Gasteiger partial charge is 0.133 e. The van der Waals surface area contributed by atoms with E-state index < -0.39 is 0 Å². The van der Waals surface area contributed by atoms with E-state index in [1.807, 2.05) is 12.1 Å². The van der Waals surface area contributed by atoms with Crippen molar-refractivity contribution in [3.05, 3.63) is 59.5 Å². The van der Waals surface area contributed by atoms with E-state index in [-0.39, 0.29) is 0 Å². The summed E-state index contributed by atoms with van der Waals surface area (Å²) in [4.78, 5) is 11.9. The minimum absolute atomic E-state index is 0.339. The van der Waals surface area contributed by atoms with E-state index in [2.05, 4.69) is 24.3 Å². The van der Waals surface area contributed by atoms with Gasteiger partial charge in [-0.1, -0.05) is 24.3 Å². The zero-order valence-corrected chi connectivity index (χ0v) is 10.3. The summed E-state index contributed by atoms with van der Waals surface area (Å²) in [5.41, 5.74) is 2.77. The number of benzene rings is 1. The van der Waals surface area contributed by atoms with E-state index in [4.69, 9.17) is 4.42 Å². The summed E-state index contributed by atoms with van der Waals surface area (Å²) < 4.78 is 5.23. The lowest BCUT2D eigenvalue weighted by molar-refractivity contribution is -0.119. The van der Waals surface area contributed by atoms with Crippen LogP contribution in [0.2, 0.25) is 0 Å². The fourth-order valence-corrected chi connectivity index (χ4v) is 2.64. The largest absolute Gasteiger partial charge is 0.469 e. The number of Topliss-reactive ketones (excluding diaryl/α,β-unsaturated/α-hetero) is 1. The average Bonchev–Trinajstić information content (AvgIpc) is 2.87. The van der Waals surface area contributed by atoms with Crippen molar-refractivity contribution in [3.63, 3.8) is 0 Å². The van der Waals surface area contributed by atoms with Gasteiger partial charge in [0, 0.05) is 19.3 Å². The van der Waals surface area contributed by atoms with Crippen LogP contribution in [-0.2, 0) is 17.6 Å². The summed E-state index contributed by atoms with van der Waals surface area (Å²) in [5.74, 6) is 1.69. The van der Waals surface area contributed by atoms with Gasteiger partial charge in [0.05, 0.1) is 6.26 Å². The quantitative estimate of drug-likeness (QED) is 0.800. The third kappa shape index (κ3) is 2.23. The lowest BCUT2D eigenvalue weighted by Crippen LogP contribution is -2.20. The van der Waals surface area contributed by atoms with Gasteiger partial charge in [-0.25, -0.2) is 0 Å². The minimum atomic E-state index is 0.339. The minimum Gasteiger partial charge on any atom is -0.469 e. The fourth-order valence-electron chi connectivity index (χ4n) is 2.64. The molecule has 3 rings (SSSR count). The zero-order valence-electron chi connectivity index (χ0n) is 10.3. The Hall–Kier alpha value is -1.83. The van der Waals surface area contributed by atoms with Gasteiger partial charge in [0.2, 0.25) is 0 Å². The molecule has 0 bridgehead atoms. The highest BCUT2D eigenvalue weighted by molar-refractivity contribution is 5.80. The van der Waals surface area contributed by atoms with Crippen LogP contribution < -0.4 is 0 Å². The summed E-state index contributed by atoms with van der Waals surface area (Å²) in [7, 11) is 0. The molecule has 18 heavy (non-hydrogen) atoms. The van der Waals surface area contributed by atoms with E-state index in [1.165, 1.54) is 11.1 Å². The third-order valence-corrected chi connectivity index (χ3v) is 3.67. The molecular weight excluding hydrogens is 224 g/mol. The molecular formula is C16H16O2. The fraction of sp³-hybridized carbons (Fsp3) is 0.312. The number of hydrogen-bond acceptors (Lipinski definition) is 2. The third-order valence-electron chi connectivity index (χ3n) is 3.67. The topological polar surface area (TPSA) is 30.2 Å². The molecule has 2 aromatic rings. The normalized spacial score (nSPS) is 17.0. The van der Waals surface area contributed by atoms with Crippen LogP contribution in [0.5, 0.6) is 0 Å². The number of fused-ring (bicyclic) bond motifs is 1. The Labute approximate surface area is 107 Å². The van der Waals surface area contributed by atoms with Gasteiger partial charge in [-0.15, -0.1) is 0 Å². The molecule has 1 aliphatic carbocycles. The highest BCUT2D eigenvalue weighted by Gasteiger charge is 2.27. The Morgan fingerprint density at radius 3 is 2.89 bits per heavy atom. The monoisotopic (exact) mass is 240 g/mol. The number of aryl methyl sites for hydroxylation is 1. The zero-order chi connectivity index (χ0) is 12.4. The van der Waals surface area contributed by atoms with Crippen LogP contribution in [0.25, 0.3) is 0 Å². The van der Waals surface area contributed by atoms with Gasteiger partial charge < -0.3 is 4.42 Å². The molecule has 0 aliphatic heterocycles. The molecule has 0 saturated heterocycles. The SMILES string of the molecule is O=C(CCc1ccco1)CC1Cc2ccccc21. The van der Waals surface area contributed by atoms with Crippen LogP contribution in [-0.4, -0.2) is 5.78 Å². The molecule has 2 heteroatoms. The summed E-state index contributed by atoms with van der Waals surface area (Å²) in [6.45, 7) is 0. The van der Waals surface area contributed by atoms with Crippen LogP contribution in [0.1, 0.15) is 35.6 Å². The van der Waals surface area contributed by atoms with Crippen molar-refractivity contribution in [2.24, 2.45) is 0 Å². The van der Waals surface area contributed by atoms with E-state index in [0.29, 0.717) is 24.5 Å². The van der Waals surface area contributed by atoms with Gasteiger partial charge in [-0.3, -0.25) is 4.79 Å². The van der Waals surface area contributed by atoms with E-state index in [1.54, 1.807) is 6.26 Å². The summed E-state index contributed by atoms with van der Waals surface area (Å²) >= 11 is 0. The van der Waals surface area contributed by atoms with Crippen molar-refractivity contribution >= 4 is 5.78 Å². The van der Waals surface area contributed by atoms with E-state index in [0.717, 1.165) is 18.6 Å². The van der Waals surface area contributed by atoms with Gasteiger partial charge >= 0.3 is 0 Å². The summed E-state index contributed by atoms with van der Waals surface area (Å²) in [5, 5.41) is 0. The van der Waals surface area contributed by atoms with Crippen molar-refractivity contribution in [1.29, 1.82) is 0 Å². The maximum atomic E-state index is 11.9. The van der Waals surface area contributed by atoms with Crippen molar-refractivity contribution < 1.29 is 9.21 Å². The van der Waals surface area contributed by atoms with Crippen LogP contribution in [0, 0.1) is 0 Å². The molecule has 1 aromatic carbocycles. The van der Waals surface area contributed by atoms with Gasteiger partial charge in [0.15, 0.2) is 0 Å². The maximum Gasteiger partial charge on any atom is 0.133 e. The number of furan rings is 1. The molecule has 0 amide bonds. The predicted octanol–water partition coefficient (Wildman–Crippen LogP) is 3.51. The molecule has 1 atom stereocenters. The average molecular weight is 240 g/mol. The standard InChI is InChI=1S/C16H16O2/c17-14(7-8-15-5-3-9-18-15)11-13-10-12-4-1-2-6-16(12)13/h1-6,9,13H,7-8,10-11H2. The molecule has 1 unspecified atom stereocenters. The highest BCUT2D eigenvalue weighted by atomic mass is 16.3. The lowest BCUT2D eigenvalue weighted by atomic mass is 9.75. The van der Waals surface area contributed by atoms with E-state index >= 15 is 0 Å². The first-order valence-corrected chi connectivity index (χ1v) is 6.45. The second kappa shape index (κ2) is 4.81. The van der Waals surface area contributed by atoms with Crippen molar-refractivity contribution in [1.82, 2.24) is 0 Å². The molecule has 0 N–H and O–H groups in total. The molecule has 1 aliphatic rings. The molecule has 0 spiro atoms. The number of hydrogen-bond donors (Lipinski definition) is 0. The first-order valence-electron chi connectivity index (χ1n) is 6.45. The lowest BCUT2D eigenvalue weighted by Gasteiger charge is -2.29. The number of rotatable bonds is 5. The predicted molar refractivity (Wildman–Crippen MR) is 69.5 cm³/mol. The summed E-state index contributed by atoms with van der Waals surface area (Å²) in [6, 6.07) is 12.2. The molecule has 1 aromatic heterocycles. The second-order valence-electron chi connectivity index (χ2n) is 4.92. The van der Waals surface area contributed by atoms with Gasteiger partial charge in [0.25, 0.3) is 0 Å². The molecule has 0 fully saturated rings. The Bertz CT molecular complexity index is 540. The second-order valence-corrected chi connectivity index (χ2v) is 4.92. The van der Waals surface area contributed by atoms with Gasteiger partial charge in [-0.05, 0) is 35.6 Å². The molecule has 0 radical (unpaired) electrons. The van der Waals surface area contributed by atoms with Crippen molar-refractivity contribution in [3.8, 4) is 0 Å². The van der Waals surface area contributed by atoms with Crippen LogP contribution in [0.4, 0.5) is 0 Å². The summed E-state index contributed by atoms with van der Waals surface area (Å²) in [6.07, 6.45) is 4.70.